The molecule has 4 nitrogen and oxygen atoms in total. The molecule has 1 aromatic rings. The van der Waals surface area contributed by atoms with E-state index in [1.807, 2.05) is 4.90 Å². The second kappa shape index (κ2) is 4.16. The van der Waals surface area contributed by atoms with E-state index in [9.17, 15) is 9.90 Å². The Morgan fingerprint density at radius 3 is 3.21 bits per heavy atom. The molecule has 1 saturated heterocycles. The van der Waals surface area contributed by atoms with Crippen LogP contribution in [0.3, 0.4) is 0 Å². The zero-order valence-electron chi connectivity index (χ0n) is 7.72. The number of ketones is 1. The first-order valence-corrected chi connectivity index (χ1v) is 5.47. The minimum atomic E-state index is -0.265. The summed E-state index contributed by atoms with van der Waals surface area (Å²) in [6.07, 6.45) is 2.14. The number of rotatable bonds is 3. The van der Waals surface area contributed by atoms with Crippen LogP contribution in [0.5, 0.6) is 0 Å². The number of aliphatic hydroxyl groups excluding tert-OH is 1. The highest BCUT2D eigenvalue weighted by Crippen LogP contribution is 2.11. The molecular weight excluding hydrogens is 200 g/mol. The Labute approximate surface area is 86.2 Å². The molecule has 1 aliphatic rings. The third-order valence-electron chi connectivity index (χ3n) is 2.29. The lowest BCUT2D eigenvalue weighted by Crippen LogP contribution is -2.28. The number of aliphatic hydroxyl groups is 1. The summed E-state index contributed by atoms with van der Waals surface area (Å²) in [5, 5.41) is 11.6. The Morgan fingerprint density at radius 1 is 1.79 bits per heavy atom. The van der Waals surface area contributed by atoms with E-state index in [1.54, 1.807) is 11.6 Å². The fraction of sp³-hybridized carbons (Fsp3) is 0.556. The Balaban J connectivity index is 1.89. The van der Waals surface area contributed by atoms with Crippen LogP contribution in [0.15, 0.2) is 11.6 Å². The average molecular weight is 212 g/mol. The maximum Gasteiger partial charge on any atom is 0.205 e. The highest BCUT2D eigenvalue weighted by molar-refractivity contribution is 7.11. The summed E-state index contributed by atoms with van der Waals surface area (Å²) in [5.41, 5.74) is 0. The summed E-state index contributed by atoms with van der Waals surface area (Å²) < 4.78 is 0. The van der Waals surface area contributed by atoms with Gasteiger partial charge < -0.3 is 5.11 Å². The van der Waals surface area contributed by atoms with Crippen LogP contribution in [0.4, 0.5) is 0 Å². The van der Waals surface area contributed by atoms with E-state index < -0.39 is 0 Å². The minimum absolute atomic E-state index is 0.0501. The number of hydrogen-bond donors (Lipinski definition) is 1. The first-order chi connectivity index (χ1) is 6.75. The van der Waals surface area contributed by atoms with Crippen molar-refractivity contribution in [2.24, 2.45) is 0 Å². The number of thiazole rings is 1. The third kappa shape index (κ3) is 2.17. The van der Waals surface area contributed by atoms with Crippen LogP contribution in [0.1, 0.15) is 16.2 Å². The molecule has 1 aliphatic heterocycles. The fourth-order valence-electron chi connectivity index (χ4n) is 1.59. The molecule has 0 aromatic carbocycles. The Hall–Kier alpha value is -0.780. The van der Waals surface area contributed by atoms with Crippen molar-refractivity contribution in [1.29, 1.82) is 0 Å². The van der Waals surface area contributed by atoms with Crippen molar-refractivity contribution < 1.29 is 9.90 Å². The number of likely N-dealkylation sites (tertiary alicyclic amines) is 1. The van der Waals surface area contributed by atoms with Crippen LogP contribution in [0, 0.1) is 0 Å². The quantitative estimate of drug-likeness (QED) is 0.736. The van der Waals surface area contributed by atoms with Crippen molar-refractivity contribution in [3.63, 3.8) is 0 Å². The summed E-state index contributed by atoms with van der Waals surface area (Å²) >= 11 is 1.37. The highest BCUT2D eigenvalue weighted by atomic mass is 32.1. The van der Waals surface area contributed by atoms with Gasteiger partial charge in [0.2, 0.25) is 5.78 Å². The van der Waals surface area contributed by atoms with Gasteiger partial charge in [0.1, 0.15) is 0 Å². The van der Waals surface area contributed by atoms with E-state index in [-0.39, 0.29) is 11.9 Å². The van der Waals surface area contributed by atoms with Gasteiger partial charge in [-0.15, -0.1) is 11.3 Å². The van der Waals surface area contributed by atoms with Crippen molar-refractivity contribution in [3.05, 3.63) is 16.6 Å². The average Bonchev–Trinajstić information content (AvgIpc) is 2.75. The van der Waals surface area contributed by atoms with E-state index in [4.69, 9.17) is 0 Å². The number of β-amino-alcohol motifs (C(OH)–C–C–N with tert-alkyl or cyclic N) is 1. The molecule has 14 heavy (non-hydrogen) atoms. The van der Waals surface area contributed by atoms with Gasteiger partial charge in [0.15, 0.2) is 5.01 Å². The van der Waals surface area contributed by atoms with Gasteiger partial charge in [-0.3, -0.25) is 9.69 Å². The zero-order valence-corrected chi connectivity index (χ0v) is 8.54. The predicted octanol–water partition coefficient (Wildman–Crippen LogP) is 0.392. The first kappa shape index (κ1) is 9.76. The molecule has 1 atom stereocenters. The molecule has 1 N–H and O–H groups in total. The van der Waals surface area contributed by atoms with Crippen molar-refractivity contribution in [2.75, 3.05) is 19.6 Å². The van der Waals surface area contributed by atoms with Gasteiger partial charge >= 0.3 is 0 Å². The lowest BCUT2D eigenvalue weighted by Gasteiger charge is -2.12. The number of aromatic nitrogens is 1. The molecule has 0 amide bonds. The van der Waals surface area contributed by atoms with Gasteiger partial charge in [-0.25, -0.2) is 4.98 Å². The Bertz CT molecular complexity index is 313. The molecule has 2 rings (SSSR count). The van der Waals surface area contributed by atoms with Gasteiger partial charge in [-0.2, -0.15) is 0 Å². The van der Waals surface area contributed by atoms with Crippen LogP contribution in [0.25, 0.3) is 0 Å². The minimum Gasteiger partial charge on any atom is -0.392 e. The molecule has 1 aromatic heterocycles. The van der Waals surface area contributed by atoms with Gasteiger partial charge in [-0.1, -0.05) is 0 Å². The number of hydrogen-bond acceptors (Lipinski definition) is 5. The maximum atomic E-state index is 11.6. The molecule has 0 saturated carbocycles. The van der Waals surface area contributed by atoms with Crippen LogP contribution >= 0.6 is 11.3 Å². The smallest absolute Gasteiger partial charge is 0.205 e. The lowest BCUT2D eigenvalue weighted by molar-refractivity contribution is 0.0934. The van der Waals surface area contributed by atoms with Crippen molar-refractivity contribution in [1.82, 2.24) is 9.88 Å². The Kier molecular flexibility index (Phi) is 2.90. The molecule has 0 aliphatic carbocycles. The van der Waals surface area contributed by atoms with E-state index >= 15 is 0 Å². The first-order valence-electron chi connectivity index (χ1n) is 4.59. The summed E-state index contributed by atoms with van der Waals surface area (Å²) in [4.78, 5) is 17.5. The Morgan fingerprint density at radius 2 is 2.64 bits per heavy atom. The molecule has 5 heteroatoms. The van der Waals surface area contributed by atoms with Crippen LogP contribution in [-0.2, 0) is 0 Å². The molecule has 1 unspecified atom stereocenters. The summed E-state index contributed by atoms with van der Waals surface area (Å²) in [7, 11) is 0. The SMILES string of the molecule is O=C(CN1CCC(O)C1)c1nccs1. The normalized spacial score (nSPS) is 22.8. The maximum absolute atomic E-state index is 11.6. The van der Waals surface area contributed by atoms with E-state index in [0.29, 0.717) is 18.1 Å². The van der Waals surface area contributed by atoms with Crippen molar-refractivity contribution in [3.8, 4) is 0 Å². The molecule has 1 fully saturated rings. The number of Topliss-reactive ketones (excluding diaryl/α,β-unsaturated/α-hetero) is 1. The van der Waals surface area contributed by atoms with Gasteiger partial charge in [0.25, 0.3) is 0 Å². The number of carbonyl (C=O) groups is 1. The largest absolute Gasteiger partial charge is 0.392 e. The molecule has 0 bridgehead atoms. The summed E-state index contributed by atoms with van der Waals surface area (Å²) in [5.74, 6) is 0.0501. The molecule has 76 valence electrons. The lowest BCUT2D eigenvalue weighted by atomic mass is 10.3. The van der Waals surface area contributed by atoms with Gasteiger partial charge in [0, 0.05) is 24.7 Å². The molecule has 0 spiro atoms. The third-order valence-corrected chi connectivity index (χ3v) is 3.10. The molecule has 0 radical (unpaired) electrons. The fourth-order valence-corrected chi connectivity index (χ4v) is 2.16. The van der Waals surface area contributed by atoms with Crippen molar-refractivity contribution >= 4 is 17.1 Å². The monoisotopic (exact) mass is 212 g/mol. The van der Waals surface area contributed by atoms with E-state index in [1.165, 1.54) is 11.3 Å². The van der Waals surface area contributed by atoms with Gasteiger partial charge in [0.05, 0.1) is 12.6 Å². The van der Waals surface area contributed by atoms with Crippen LogP contribution < -0.4 is 0 Å². The van der Waals surface area contributed by atoms with Crippen molar-refractivity contribution in [2.45, 2.75) is 12.5 Å². The van der Waals surface area contributed by atoms with E-state index in [0.717, 1.165) is 13.0 Å². The zero-order chi connectivity index (χ0) is 9.97. The second-order valence-electron chi connectivity index (χ2n) is 3.44. The summed E-state index contributed by atoms with van der Waals surface area (Å²) in [6.45, 7) is 1.79. The topological polar surface area (TPSA) is 53.4 Å². The van der Waals surface area contributed by atoms with Gasteiger partial charge in [-0.05, 0) is 6.42 Å². The second-order valence-corrected chi connectivity index (χ2v) is 4.33. The van der Waals surface area contributed by atoms with Crippen LogP contribution in [-0.4, -0.2) is 46.5 Å². The highest BCUT2D eigenvalue weighted by Gasteiger charge is 2.23. The standard InChI is InChI=1S/C9H12N2O2S/c12-7-1-3-11(5-7)6-8(13)9-10-2-4-14-9/h2,4,7,12H,1,3,5-6H2. The van der Waals surface area contributed by atoms with E-state index in [2.05, 4.69) is 4.98 Å². The molecule has 2 heterocycles. The number of nitrogens with zero attached hydrogens (tertiary/aromatic N) is 2. The predicted molar refractivity (Wildman–Crippen MR) is 53.5 cm³/mol. The number of carbonyl (C=O) groups excluding carboxylic acids is 1. The summed E-state index contributed by atoms with van der Waals surface area (Å²) in [6, 6.07) is 0. The van der Waals surface area contributed by atoms with Crippen LogP contribution in [0.2, 0.25) is 0 Å². The molecular formula is C9H12N2O2S.